The minimum atomic E-state index is -0.710. The fourth-order valence-electron chi connectivity index (χ4n) is 3.81. The number of rotatable bonds is 5. The van der Waals surface area contributed by atoms with Gasteiger partial charge in [-0.05, 0) is 31.3 Å². The number of fused-ring (bicyclic) bond motifs is 1. The average molecular weight is 413 g/mol. The fraction of sp³-hybridized carbons (Fsp3) is 0.429. The lowest BCUT2D eigenvalue weighted by molar-refractivity contribution is -0.136. The number of nitrogens with one attached hydrogen (secondary N) is 2. The number of carbonyl (C=O) groups excluding carboxylic acids is 2. The second kappa shape index (κ2) is 8.76. The molecule has 1 aromatic heterocycles. The number of hydrogen-bond donors (Lipinski definition) is 2. The van der Waals surface area contributed by atoms with Crippen molar-refractivity contribution in [3.05, 3.63) is 42.2 Å². The molecule has 0 radical (unpaired) electrons. The van der Waals surface area contributed by atoms with Gasteiger partial charge in [0.05, 0.1) is 6.04 Å². The van der Waals surface area contributed by atoms with Crippen molar-refractivity contribution < 1.29 is 19.1 Å². The Labute approximate surface area is 175 Å². The predicted octanol–water partition coefficient (Wildman–Crippen LogP) is 0.797. The van der Waals surface area contributed by atoms with Crippen molar-refractivity contribution in [3.8, 4) is 11.5 Å². The third kappa shape index (κ3) is 4.42. The molecule has 0 bridgehead atoms. The molecule has 9 heteroatoms. The molecule has 0 saturated carbocycles. The van der Waals surface area contributed by atoms with Crippen LogP contribution >= 0.6 is 0 Å². The van der Waals surface area contributed by atoms with Crippen LogP contribution in [0.25, 0.3) is 0 Å². The number of benzene rings is 1. The molecule has 1 atom stereocenters. The van der Waals surface area contributed by atoms with E-state index in [4.69, 9.17) is 9.47 Å². The zero-order valence-electron chi connectivity index (χ0n) is 17.3. The van der Waals surface area contributed by atoms with Gasteiger partial charge in [-0.2, -0.15) is 0 Å². The zero-order valence-corrected chi connectivity index (χ0v) is 17.3. The monoisotopic (exact) mass is 413 g/mol. The first-order valence-electron chi connectivity index (χ1n) is 10.0. The van der Waals surface area contributed by atoms with Crippen LogP contribution in [0.15, 0.2) is 36.5 Å². The van der Waals surface area contributed by atoms with Crippen molar-refractivity contribution in [2.75, 3.05) is 51.9 Å². The van der Waals surface area contributed by atoms with Gasteiger partial charge in [-0.15, -0.1) is 0 Å². The summed E-state index contributed by atoms with van der Waals surface area (Å²) in [6.07, 6.45) is 1.99. The lowest BCUT2D eigenvalue weighted by atomic mass is 10.1. The topological polar surface area (TPSA) is 88.1 Å². The summed E-state index contributed by atoms with van der Waals surface area (Å²) >= 11 is 0. The largest absolute Gasteiger partial charge is 0.454 e. The highest BCUT2D eigenvalue weighted by Crippen LogP contribution is 2.34. The van der Waals surface area contributed by atoms with Gasteiger partial charge in [-0.3, -0.25) is 14.5 Å². The normalized spacial score (nSPS) is 17.5. The van der Waals surface area contributed by atoms with Gasteiger partial charge in [-0.25, -0.2) is 0 Å². The maximum atomic E-state index is 12.5. The second-order valence-corrected chi connectivity index (χ2v) is 7.63. The summed E-state index contributed by atoms with van der Waals surface area (Å²) in [4.78, 5) is 29.5. The Morgan fingerprint density at radius 1 is 1.03 bits per heavy atom. The highest BCUT2D eigenvalue weighted by atomic mass is 16.7. The molecule has 0 aliphatic carbocycles. The van der Waals surface area contributed by atoms with Crippen LogP contribution in [0.2, 0.25) is 0 Å². The van der Waals surface area contributed by atoms with E-state index in [0.717, 1.165) is 31.9 Å². The van der Waals surface area contributed by atoms with Gasteiger partial charge in [0.2, 0.25) is 6.79 Å². The number of aromatic nitrogens is 1. The Morgan fingerprint density at radius 3 is 2.53 bits per heavy atom. The third-order valence-corrected chi connectivity index (χ3v) is 5.60. The fourth-order valence-corrected chi connectivity index (χ4v) is 3.81. The van der Waals surface area contributed by atoms with Crippen LogP contribution in [0.1, 0.15) is 11.7 Å². The summed E-state index contributed by atoms with van der Waals surface area (Å²) in [6, 6.07) is 9.07. The Balaban J connectivity index is 1.38. The van der Waals surface area contributed by atoms with Crippen LogP contribution in [-0.2, 0) is 16.6 Å². The number of carbonyl (C=O) groups is 2. The van der Waals surface area contributed by atoms with Gasteiger partial charge >= 0.3 is 11.8 Å². The molecule has 1 fully saturated rings. The van der Waals surface area contributed by atoms with E-state index in [1.807, 2.05) is 19.3 Å². The van der Waals surface area contributed by atoms with Crippen LogP contribution in [0, 0.1) is 0 Å². The van der Waals surface area contributed by atoms with Gasteiger partial charge in [0.25, 0.3) is 0 Å². The van der Waals surface area contributed by atoms with Gasteiger partial charge in [0.1, 0.15) is 0 Å². The van der Waals surface area contributed by atoms with Crippen molar-refractivity contribution in [1.82, 2.24) is 19.7 Å². The highest BCUT2D eigenvalue weighted by molar-refractivity contribution is 6.39. The van der Waals surface area contributed by atoms with Gasteiger partial charge in [0.15, 0.2) is 11.5 Å². The summed E-state index contributed by atoms with van der Waals surface area (Å²) in [7, 11) is 4.10. The van der Waals surface area contributed by atoms with E-state index < -0.39 is 11.8 Å². The first-order chi connectivity index (χ1) is 14.5. The SMILES string of the molecule is CN1CCN([C@H](CNC(=O)C(=O)Nc2ccc3c(c2)OCO3)c2cccn2C)CC1. The molecule has 9 nitrogen and oxygen atoms in total. The Kier molecular flexibility index (Phi) is 5.91. The van der Waals surface area contributed by atoms with E-state index in [-0.39, 0.29) is 12.8 Å². The van der Waals surface area contributed by atoms with E-state index in [1.54, 1.807) is 18.2 Å². The van der Waals surface area contributed by atoms with Crippen LogP contribution in [0.4, 0.5) is 5.69 Å². The number of amides is 2. The molecular weight excluding hydrogens is 386 g/mol. The van der Waals surface area contributed by atoms with Gasteiger partial charge in [-0.1, -0.05) is 0 Å². The van der Waals surface area contributed by atoms with Crippen molar-refractivity contribution in [2.45, 2.75) is 6.04 Å². The molecule has 2 amide bonds. The van der Waals surface area contributed by atoms with Crippen LogP contribution in [-0.4, -0.2) is 72.7 Å². The predicted molar refractivity (Wildman–Crippen MR) is 111 cm³/mol. The first-order valence-corrected chi connectivity index (χ1v) is 10.0. The molecule has 2 aromatic rings. The molecule has 1 saturated heterocycles. The summed E-state index contributed by atoms with van der Waals surface area (Å²) in [6.45, 7) is 4.27. The van der Waals surface area contributed by atoms with Crippen molar-refractivity contribution in [3.63, 3.8) is 0 Å². The molecule has 2 N–H and O–H groups in total. The van der Waals surface area contributed by atoms with Crippen molar-refractivity contribution >= 4 is 17.5 Å². The molecule has 4 rings (SSSR count). The van der Waals surface area contributed by atoms with E-state index >= 15 is 0 Å². The van der Waals surface area contributed by atoms with Crippen molar-refractivity contribution in [2.24, 2.45) is 7.05 Å². The standard InChI is InChI=1S/C21H27N5O4/c1-24-8-10-26(11-9-24)17(16-4-3-7-25(16)2)13-22-20(27)21(28)23-15-5-6-18-19(12-15)30-14-29-18/h3-7,12,17H,8-11,13-14H2,1-2H3,(H,22,27)(H,23,28)/t17-/m1/s1. The molecular formula is C21H27N5O4. The molecule has 3 heterocycles. The summed E-state index contributed by atoms with van der Waals surface area (Å²) in [5.74, 6) is -0.207. The highest BCUT2D eigenvalue weighted by Gasteiger charge is 2.27. The summed E-state index contributed by atoms with van der Waals surface area (Å²) in [5, 5.41) is 5.42. The minimum Gasteiger partial charge on any atom is -0.454 e. The third-order valence-electron chi connectivity index (χ3n) is 5.60. The molecule has 160 valence electrons. The number of anilines is 1. The number of aryl methyl sites for hydroxylation is 1. The molecule has 30 heavy (non-hydrogen) atoms. The van der Waals surface area contributed by atoms with Crippen LogP contribution in [0.3, 0.4) is 0 Å². The molecule has 2 aliphatic heterocycles. The second-order valence-electron chi connectivity index (χ2n) is 7.63. The van der Waals surface area contributed by atoms with E-state index in [2.05, 4.69) is 38.1 Å². The van der Waals surface area contributed by atoms with E-state index in [9.17, 15) is 9.59 Å². The Hall–Kier alpha value is -3.04. The number of nitrogens with zero attached hydrogens (tertiary/aromatic N) is 3. The van der Waals surface area contributed by atoms with Gasteiger partial charge < -0.3 is 29.6 Å². The molecule has 0 spiro atoms. The molecule has 1 aromatic carbocycles. The molecule has 0 unspecified atom stereocenters. The van der Waals surface area contributed by atoms with E-state index in [1.165, 1.54) is 0 Å². The smallest absolute Gasteiger partial charge is 0.313 e. The summed E-state index contributed by atoms with van der Waals surface area (Å²) in [5.41, 5.74) is 1.59. The average Bonchev–Trinajstić information content (AvgIpc) is 3.38. The lowest BCUT2D eigenvalue weighted by Crippen LogP contribution is -2.49. The maximum absolute atomic E-state index is 12.5. The summed E-state index contributed by atoms with van der Waals surface area (Å²) < 4.78 is 12.6. The van der Waals surface area contributed by atoms with Crippen LogP contribution in [0.5, 0.6) is 11.5 Å². The Bertz CT molecular complexity index is 920. The lowest BCUT2D eigenvalue weighted by Gasteiger charge is -2.38. The maximum Gasteiger partial charge on any atom is 0.313 e. The number of likely N-dealkylation sites (N-methyl/N-ethyl adjacent to an activating group) is 1. The minimum absolute atomic E-state index is 0.000920. The number of hydrogen-bond acceptors (Lipinski definition) is 6. The number of ether oxygens (including phenoxy) is 2. The van der Waals surface area contributed by atoms with Crippen LogP contribution < -0.4 is 20.1 Å². The van der Waals surface area contributed by atoms with Gasteiger partial charge in [0, 0.05) is 63.4 Å². The quantitative estimate of drug-likeness (QED) is 0.705. The Morgan fingerprint density at radius 2 is 1.80 bits per heavy atom. The first kappa shape index (κ1) is 20.2. The zero-order chi connectivity index (χ0) is 21.1. The molecule has 2 aliphatic rings. The number of piperazine rings is 1. The van der Waals surface area contributed by atoms with Crippen molar-refractivity contribution in [1.29, 1.82) is 0 Å². The van der Waals surface area contributed by atoms with E-state index in [0.29, 0.717) is 23.7 Å².